The first-order valence-electron chi connectivity index (χ1n) is 12.9. The number of likely N-dealkylation sites (tertiary alicyclic amines) is 1. The minimum Gasteiger partial charge on any atom is -0.365 e. The summed E-state index contributed by atoms with van der Waals surface area (Å²) in [5.74, 6) is -0.211. The van der Waals surface area contributed by atoms with Gasteiger partial charge in [0.15, 0.2) is 0 Å². The van der Waals surface area contributed by atoms with Crippen LogP contribution in [0.2, 0.25) is 0 Å². The van der Waals surface area contributed by atoms with Crippen LogP contribution in [0.5, 0.6) is 0 Å². The lowest BCUT2D eigenvalue weighted by molar-refractivity contribution is -0.121. The highest BCUT2D eigenvalue weighted by atomic mass is 16.5. The third-order valence-electron chi connectivity index (χ3n) is 7.71. The van der Waals surface area contributed by atoms with E-state index in [1.807, 2.05) is 0 Å². The van der Waals surface area contributed by atoms with Gasteiger partial charge in [-0.2, -0.15) is 0 Å². The van der Waals surface area contributed by atoms with Gasteiger partial charge in [0.05, 0.1) is 18.1 Å². The molecule has 1 amide bonds. The number of carbonyl (C=O) groups excluding carboxylic acids is 1. The molecule has 182 valence electrons. The molecule has 2 aliphatic rings. The Morgan fingerprint density at radius 3 is 2.14 bits per heavy atom. The number of ether oxygens (including phenoxy) is 1. The third kappa shape index (κ3) is 5.19. The summed E-state index contributed by atoms with van der Waals surface area (Å²) in [6.45, 7) is 8.65. The van der Waals surface area contributed by atoms with Crippen LogP contribution in [0, 0.1) is 13.8 Å². The smallest absolute Gasteiger partial charge is 0.232 e. The van der Waals surface area contributed by atoms with Gasteiger partial charge < -0.3 is 15.0 Å². The first kappa shape index (κ1) is 23.8. The molecule has 3 aromatic carbocycles. The number of fused-ring (bicyclic) bond motifs is 2. The summed E-state index contributed by atoms with van der Waals surface area (Å²) in [6, 6.07) is 25.3. The Bertz CT molecular complexity index is 1100. The summed E-state index contributed by atoms with van der Waals surface area (Å²) in [7, 11) is 0. The summed E-state index contributed by atoms with van der Waals surface area (Å²) >= 11 is 0. The molecule has 5 rings (SSSR count). The van der Waals surface area contributed by atoms with Crippen molar-refractivity contribution in [1.29, 1.82) is 0 Å². The lowest BCUT2D eigenvalue weighted by Gasteiger charge is -2.39. The van der Waals surface area contributed by atoms with Gasteiger partial charge in [-0.25, -0.2) is 0 Å². The number of carbonyl (C=O) groups is 1. The fourth-order valence-corrected chi connectivity index (χ4v) is 5.57. The monoisotopic (exact) mass is 468 g/mol. The number of piperidine rings is 1. The van der Waals surface area contributed by atoms with Gasteiger partial charge in [-0.05, 0) is 61.9 Å². The predicted octanol–water partition coefficient (Wildman–Crippen LogP) is 5.46. The Morgan fingerprint density at radius 2 is 1.51 bits per heavy atom. The highest BCUT2D eigenvalue weighted by Gasteiger charge is 2.42. The summed E-state index contributed by atoms with van der Waals surface area (Å²) in [6.07, 6.45) is 3.03. The van der Waals surface area contributed by atoms with Gasteiger partial charge in [0.2, 0.25) is 5.91 Å². The molecule has 4 nitrogen and oxygen atoms in total. The average Bonchev–Trinajstić information content (AvgIpc) is 3.24. The van der Waals surface area contributed by atoms with Crippen molar-refractivity contribution in [2.75, 3.05) is 26.2 Å². The van der Waals surface area contributed by atoms with Gasteiger partial charge in [0, 0.05) is 19.6 Å². The molecule has 0 aliphatic carbocycles. The second-order valence-corrected chi connectivity index (χ2v) is 10.2. The molecule has 0 unspecified atom stereocenters. The van der Waals surface area contributed by atoms with E-state index >= 15 is 0 Å². The lowest BCUT2D eigenvalue weighted by atomic mass is 9.84. The van der Waals surface area contributed by atoms with Crippen LogP contribution >= 0.6 is 0 Å². The highest BCUT2D eigenvalue weighted by molar-refractivity contribution is 5.87. The Morgan fingerprint density at radius 1 is 0.914 bits per heavy atom. The zero-order valence-electron chi connectivity index (χ0n) is 20.9. The van der Waals surface area contributed by atoms with Crippen LogP contribution in [0.25, 0.3) is 0 Å². The number of benzene rings is 3. The molecule has 0 bridgehead atoms. The van der Waals surface area contributed by atoms with Gasteiger partial charge in [-0.1, -0.05) is 83.9 Å². The van der Waals surface area contributed by atoms with Crippen molar-refractivity contribution < 1.29 is 9.53 Å². The van der Waals surface area contributed by atoms with Crippen LogP contribution in [0.15, 0.2) is 72.8 Å². The number of hydrogen-bond donors (Lipinski definition) is 1. The quantitative estimate of drug-likeness (QED) is 0.468. The maximum atomic E-state index is 13.3. The Balaban J connectivity index is 1.14. The molecule has 4 heteroatoms. The van der Waals surface area contributed by atoms with E-state index in [-0.39, 0.29) is 17.4 Å². The van der Waals surface area contributed by atoms with Crippen molar-refractivity contribution in [3.63, 3.8) is 0 Å². The van der Waals surface area contributed by atoms with Crippen molar-refractivity contribution >= 4 is 5.91 Å². The molecule has 35 heavy (non-hydrogen) atoms. The second kappa shape index (κ2) is 10.3. The van der Waals surface area contributed by atoms with Crippen LogP contribution in [-0.4, -0.2) is 37.0 Å². The van der Waals surface area contributed by atoms with Gasteiger partial charge in [0.25, 0.3) is 0 Å². The normalized spacial score (nSPS) is 17.0. The Kier molecular flexibility index (Phi) is 7.03. The molecule has 0 atom stereocenters. The highest BCUT2D eigenvalue weighted by Crippen LogP contribution is 2.43. The molecule has 0 radical (unpaired) electrons. The lowest BCUT2D eigenvalue weighted by Crippen LogP contribution is -2.43. The summed E-state index contributed by atoms with van der Waals surface area (Å²) in [5, 5.41) is 3.22. The summed E-state index contributed by atoms with van der Waals surface area (Å²) in [4.78, 5) is 15.8. The minimum atomic E-state index is -0.286. The van der Waals surface area contributed by atoms with E-state index in [1.54, 1.807) is 0 Å². The van der Waals surface area contributed by atoms with Crippen molar-refractivity contribution in [2.24, 2.45) is 0 Å². The van der Waals surface area contributed by atoms with Crippen LogP contribution < -0.4 is 5.32 Å². The van der Waals surface area contributed by atoms with Crippen LogP contribution in [0.3, 0.4) is 0 Å². The number of amides is 1. The van der Waals surface area contributed by atoms with E-state index in [0.717, 1.165) is 56.6 Å². The average molecular weight is 469 g/mol. The molecule has 0 saturated carbocycles. The van der Waals surface area contributed by atoms with E-state index < -0.39 is 0 Å². The maximum absolute atomic E-state index is 13.3. The third-order valence-corrected chi connectivity index (χ3v) is 7.71. The molecule has 2 aliphatic heterocycles. The minimum absolute atomic E-state index is 0.0752. The maximum Gasteiger partial charge on any atom is 0.232 e. The van der Waals surface area contributed by atoms with E-state index in [2.05, 4.69) is 96.9 Å². The Hall–Kier alpha value is -2.95. The number of nitrogens with zero attached hydrogens (tertiary/aromatic N) is 1. The van der Waals surface area contributed by atoms with Gasteiger partial charge in [-0.15, -0.1) is 0 Å². The molecular formula is C31H36N2O2. The first-order valence-corrected chi connectivity index (χ1v) is 12.9. The van der Waals surface area contributed by atoms with Crippen LogP contribution in [-0.2, 0) is 21.7 Å². The Labute approximate surface area is 209 Å². The van der Waals surface area contributed by atoms with Crippen molar-refractivity contribution in [2.45, 2.75) is 51.2 Å². The van der Waals surface area contributed by atoms with Gasteiger partial charge in [-0.3, -0.25) is 4.79 Å². The SMILES string of the molecule is Cc1ccc(C(C(=O)NCCCN2CCC3(CC2)OCc2ccccc23)c2ccc(C)cc2)cc1. The second-order valence-electron chi connectivity index (χ2n) is 10.2. The fourth-order valence-electron chi connectivity index (χ4n) is 5.57. The molecule has 1 fully saturated rings. The molecule has 1 saturated heterocycles. The van der Waals surface area contributed by atoms with Crippen molar-refractivity contribution in [1.82, 2.24) is 10.2 Å². The zero-order valence-corrected chi connectivity index (χ0v) is 20.9. The van der Waals surface area contributed by atoms with Gasteiger partial charge in [0.1, 0.15) is 0 Å². The van der Waals surface area contributed by atoms with Crippen LogP contribution in [0.4, 0.5) is 0 Å². The number of rotatable bonds is 7. The van der Waals surface area contributed by atoms with E-state index in [4.69, 9.17) is 4.74 Å². The zero-order chi connectivity index (χ0) is 24.3. The van der Waals surface area contributed by atoms with Crippen molar-refractivity contribution in [3.8, 4) is 0 Å². The molecule has 1 N–H and O–H groups in total. The fraction of sp³-hybridized carbons (Fsp3) is 0.387. The molecule has 3 aromatic rings. The van der Waals surface area contributed by atoms with E-state index in [1.165, 1.54) is 22.3 Å². The number of aryl methyl sites for hydroxylation is 2. The molecule has 1 spiro atoms. The van der Waals surface area contributed by atoms with E-state index in [9.17, 15) is 4.79 Å². The van der Waals surface area contributed by atoms with Crippen molar-refractivity contribution in [3.05, 3.63) is 106 Å². The number of hydrogen-bond acceptors (Lipinski definition) is 3. The summed E-state index contributed by atoms with van der Waals surface area (Å²) < 4.78 is 6.30. The predicted molar refractivity (Wildman–Crippen MR) is 140 cm³/mol. The molecular weight excluding hydrogens is 432 g/mol. The molecule has 0 aromatic heterocycles. The topological polar surface area (TPSA) is 41.6 Å². The van der Waals surface area contributed by atoms with Crippen LogP contribution in [0.1, 0.15) is 58.6 Å². The molecule has 2 heterocycles. The largest absolute Gasteiger partial charge is 0.365 e. The first-order chi connectivity index (χ1) is 17.0. The van der Waals surface area contributed by atoms with Gasteiger partial charge >= 0.3 is 0 Å². The van der Waals surface area contributed by atoms with E-state index in [0.29, 0.717) is 6.54 Å². The standard InChI is InChI=1S/C31H36N2O2/c1-23-8-12-25(13-9-23)29(26-14-10-24(2)11-15-26)30(34)32-18-5-19-33-20-16-31(17-21-33)28-7-4-3-6-27(28)22-35-31/h3-4,6-15,29H,5,16-22H2,1-2H3,(H,32,34). The summed E-state index contributed by atoms with van der Waals surface area (Å²) in [5.41, 5.74) is 7.13. The number of nitrogens with one attached hydrogen (secondary N) is 1.